The standard InChI is InChI=1S/C16H26N2O3S.ClH/c1-12(2)21-14-7-9-15(10-8-14)22(19,20)18-16-6-4-3-5-13(16)11-17;/h7-10,12-13,16,18H,3-6,11,17H2,1-2H3;1H. The van der Waals surface area contributed by atoms with Crippen molar-refractivity contribution < 1.29 is 13.2 Å². The minimum Gasteiger partial charge on any atom is -0.491 e. The molecule has 0 heterocycles. The lowest BCUT2D eigenvalue weighted by Crippen LogP contribution is -2.44. The van der Waals surface area contributed by atoms with Crippen LogP contribution in [0, 0.1) is 5.92 Å². The van der Waals surface area contributed by atoms with E-state index in [-0.39, 0.29) is 35.4 Å². The summed E-state index contributed by atoms with van der Waals surface area (Å²) in [6.45, 7) is 4.39. The molecule has 0 radical (unpaired) electrons. The Kier molecular flexibility index (Phi) is 7.80. The lowest BCUT2D eigenvalue weighted by Gasteiger charge is -2.31. The molecule has 1 aromatic rings. The second kappa shape index (κ2) is 8.87. The molecule has 5 nitrogen and oxygen atoms in total. The molecule has 2 rings (SSSR count). The summed E-state index contributed by atoms with van der Waals surface area (Å²) in [7, 11) is -3.51. The Hall–Kier alpha value is -0.820. The maximum absolute atomic E-state index is 12.5. The van der Waals surface area contributed by atoms with E-state index >= 15 is 0 Å². The SMILES string of the molecule is CC(C)Oc1ccc(S(=O)(=O)NC2CCCCC2CN)cc1.Cl. The van der Waals surface area contributed by atoms with Crippen molar-refractivity contribution in [2.45, 2.75) is 56.6 Å². The molecule has 1 aliphatic rings. The highest BCUT2D eigenvalue weighted by Crippen LogP contribution is 2.25. The topological polar surface area (TPSA) is 81.4 Å². The van der Waals surface area contributed by atoms with Gasteiger partial charge >= 0.3 is 0 Å². The van der Waals surface area contributed by atoms with Gasteiger partial charge in [0.15, 0.2) is 0 Å². The highest BCUT2D eigenvalue weighted by Gasteiger charge is 2.28. The first kappa shape index (κ1) is 20.2. The minimum absolute atomic E-state index is 0. The van der Waals surface area contributed by atoms with E-state index in [0.717, 1.165) is 25.7 Å². The first-order valence-corrected chi connectivity index (χ1v) is 9.40. The lowest BCUT2D eigenvalue weighted by atomic mass is 9.85. The van der Waals surface area contributed by atoms with Crippen molar-refractivity contribution in [2.75, 3.05) is 6.54 Å². The number of benzene rings is 1. The Bertz CT molecular complexity index is 575. The molecule has 0 aromatic heterocycles. The van der Waals surface area contributed by atoms with Gasteiger partial charge in [-0.15, -0.1) is 12.4 Å². The van der Waals surface area contributed by atoms with E-state index in [0.29, 0.717) is 12.3 Å². The number of hydrogen-bond acceptors (Lipinski definition) is 4. The highest BCUT2D eigenvalue weighted by molar-refractivity contribution is 7.89. The van der Waals surface area contributed by atoms with Crippen molar-refractivity contribution >= 4 is 22.4 Å². The number of ether oxygens (including phenoxy) is 1. The summed E-state index contributed by atoms with van der Waals surface area (Å²) in [5.74, 6) is 0.901. The molecule has 23 heavy (non-hydrogen) atoms. The van der Waals surface area contributed by atoms with Crippen LogP contribution in [-0.4, -0.2) is 27.1 Å². The summed E-state index contributed by atoms with van der Waals surface area (Å²) in [4.78, 5) is 0.268. The summed E-state index contributed by atoms with van der Waals surface area (Å²) in [5.41, 5.74) is 5.77. The number of nitrogens with two attached hydrogens (primary N) is 1. The average molecular weight is 363 g/mol. The van der Waals surface area contributed by atoms with Gasteiger partial charge in [0.05, 0.1) is 11.0 Å². The smallest absolute Gasteiger partial charge is 0.240 e. The predicted molar refractivity (Wildman–Crippen MR) is 94.6 cm³/mol. The number of sulfonamides is 1. The molecule has 2 atom stereocenters. The van der Waals surface area contributed by atoms with E-state index in [2.05, 4.69) is 4.72 Å². The maximum Gasteiger partial charge on any atom is 0.240 e. The lowest BCUT2D eigenvalue weighted by molar-refractivity contribution is 0.242. The van der Waals surface area contributed by atoms with Crippen LogP contribution < -0.4 is 15.2 Å². The third-order valence-electron chi connectivity index (χ3n) is 4.02. The Morgan fingerprint density at radius 1 is 1.22 bits per heavy atom. The Labute approximate surface area is 145 Å². The zero-order valence-corrected chi connectivity index (χ0v) is 15.3. The van der Waals surface area contributed by atoms with Crippen molar-refractivity contribution in [3.8, 4) is 5.75 Å². The number of halogens is 1. The third-order valence-corrected chi connectivity index (χ3v) is 5.53. The van der Waals surface area contributed by atoms with Crippen LogP contribution in [0.3, 0.4) is 0 Å². The average Bonchev–Trinajstić information content (AvgIpc) is 2.47. The van der Waals surface area contributed by atoms with Gasteiger partial charge in [0.2, 0.25) is 10.0 Å². The fourth-order valence-electron chi connectivity index (χ4n) is 2.88. The first-order chi connectivity index (χ1) is 10.4. The molecular weight excluding hydrogens is 336 g/mol. The quantitative estimate of drug-likeness (QED) is 0.815. The second-order valence-corrected chi connectivity index (χ2v) is 7.86. The van der Waals surface area contributed by atoms with Gasteiger partial charge < -0.3 is 10.5 Å². The van der Waals surface area contributed by atoms with E-state index in [1.807, 2.05) is 13.8 Å². The highest BCUT2D eigenvalue weighted by atomic mass is 35.5. The maximum atomic E-state index is 12.5. The van der Waals surface area contributed by atoms with E-state index in [1.165, 1.54) is 0 Å². The normalized spacial score (nSPS) is 21.7. The molecule has 3 N–H and O–H groups in total. The van der Waals surface area contributed by atoms with Crippen LogP contribution in [0.4, 0.5) is 0 Å². The molecule has 1 saturated carbocycles. The Morgan fingerprint density at radius 2 is 1.83 bits per heavy atom. The molecule has 1 aromatic carbocycles. The first-order valence-electron chi connectivity index (χ1n) is 7.91. The Morgan fingerprint density at radius 3 is 2.39 bits per heavy atom. The molecule has 7 heteroatoms. The summed E-state index contributed by atoms with van der Waals surface area (Å²) in [5, 5.41) is 0. The van der Waals surface area contributed by atoms with Crippen molar-refractivity contribution in [1.29, 1.82) is 0 Å². The van der Waals surface area contributed by atoms with Gasteiger partial charge in [0.25, 0.3) is 0 Å². The van der Waals surface area contributed by atoms with E-state index in [9.17, 15) is 8.42 Å². The van der Waals surface area contributed by atoms with E-state index in [1.54, 1.807) is 24.3 Å². The number of rotatable bonds is 6. The zero-order valence-electron chi connectivity index (χ0n) is 13.7. The van der Waals surface area contributed by atoms with Gasteiger partial charge in [0, 0.05) is 6.04 Å². The van der Waals surface area contributed by atoms with Crippen LogP contribution in [-0.2, 0) is 10.0 Å². The third kappa shape index (κ3) is 5.64. The van der Waals surface area contributed by atoms with Crippen LogP contribution in [0.5, 0.6) is 5.75 Å². The summed E-state index contributed by atoms with van der Waals surface area (Å²) >= 11 is 0. The van der Waals surface area contributed by atoms with Crippen LogP contribution in [0.15, 0.2) is 29.2 Å². The van der Waals surface area contributed by atoms with Crippen molar-refractivity contribution in [3.63, 3.8) is 0 Å². The number of nitrogens with one attached hydrogen (secondary N) is 1. The van der Waals surface area contributed by atoms with Gasteiger partial charge in [-0.2, -0.15) is 0 Å². The molecule has 0 amide bonds. The summed E-state index contributed by atoms with van der Waals surface area (Å²) < 4.78 is 33.4. The van der Waals surface area contributed by atoms with E-state index in [4.69, 9.17) is 10.5 Å². The van der Waals surface area contributed by atoms with Crippen LogP contribution in [0.1, 0.15) is 39.5 Å². The second-order valence-electron chi connectivity index (χ2n) is 6.15. The van der Waals surface area contributed by atoms with Gasteiger partial charge in [-0.25, -0.2) is 13.1 Å². The van der Waals surface area contributed by atoms with E-state index < -0.39 is 10.0 Å². The van der Waals surface area contributed by atoms with Crippen LogP contribution in [0.25, 0.3) is 0 Å². The largest absolute Gasteiger partial charge is 0.491 e. The predicted octanol–water partition coefficient (Wildman–Crippen LogP) is 2.69. The molecule has 1 fully saturated rings. The fraction of sp³-hybridized carbons (Fsp3) is 0.625. The van der Waals surface area contributed by atoms with Gasteiger partial charge in [-0.3, -0.25) is 0 Å². The molecule has 0 spiro atoms. The molecule has 1 aliphatic carbocycles. The summed E-state index contributed by atoms with van der Waals surface area (Å²) in [6, 6.07) is 6.49. The number of hydrogen-bond donors (Lipinski definition) is 2. The minimum atomic E-state index is -3.51. The zero-order chi connectivity index (χ0) is 16.2. The summed E-state index contributed by atoms with van der Waals surface area (Å²) in [6.07, 6.45) is 4.08. The van der Waals surface area contributed by atoms with Gasteiger partial charge in [-0.05, 0) is 63.4 Å². The monoisotopic (exact) mass is 362 g/mol. The van der Waals surface area contributed by atoms with Crippen LogP contribution in [0.2, 0.25) is 0 Å². The molecule has 2 unspecified atom stereocenters. The molecule has 0 bridgehead atoms. The van der Waals surface area contributed by atoms with Crippen molar-refractivity contribution in [2.24, 2.45) is 11.7 Å². The molecule has 132 valence electrons. The van der Waals surface area contributed by atoms with Crippen molar-refractivity contribution in [3.05, 3.63) is 24.3 Å². The van der Waals surface area contributed by atoms with Crippen LogP contribution >= 0.6 is 12.4 Å². The van der Waals surface area contributed by atoms with Crippen molar-refractivity contribution in [1.82, 2.24) is 4.72 Å². The molecule has 0 saturated heterocycles. The van der Waals surface area contributed by atoms with Gasteiger partial charge in [0.1, 0.15) is 5.75 Å². The Balaban J connectivity index is 0.00000264. The molecular formula is C16H27ClN2O3S. The van der Waals surface area contributed by atoms with Gasteiger partial charge in [-0.1, -0.05) is 12.8 Å². The molecule has 0 aliphatic heterocycles. The fourth-order valence-corrected chi connectivity index (χ4v) is 4.22.